The Hall–Kier alpha value is -2.35. The van der Waals surface area contributed by atoms with Gasteiger partial charge >= 0.3 is 0 Å². The average Bonchev–Trinajstić information content (AvgIpc) is 2.70. The molecular formula is C25H29FO. The number of hydrogen-bond acceptors (Lipinski definition) is 1. The lowest BCUT2D eigenvalue weighted by Gasteiger charge is -2.43. The maximum atomic E-state index is 13.8. The fourth-order valence-corrected chi connectivity index (χ4v) is 4.36. The van der Waals surface area contributed by atoms with E-state index in [-0.39, 0.29) is 11.2 Å². The van der Waals surface area contributed by atoms with E-state index in [9.17, 15) is 4.39 Å². The third kappa shape index (κ3) is 3.85. The van der Waals surface area contributed by atoms with Gasteiger partial charge in [-0.1, -0.05) is 56.3 Å². The molecule has 0 radical (unpaired) electrons. The zero-order valence-corrected chi connectivity index (χ0v) is 16.6. The second-order valence-corrected chi connectivity index (χ2v) is 6.95. The number of allylic oxidation sites excluding steroid dienone is 4. The van der Waals surface area contributed by atoms with Crippen LogP contribution < -0.4 is 0 Å². The van der Waals surface area contributed by atoms with E-state index < -0.39 is 0 Å². The van der Waals surface area contributed by atoms with E-state index in [0.29, 0.717) is 6.61 Å². The molecule has 2 aromatic rings. The highest BCUT2D eigenvalue weighted by Gasteiger charge is 2.41. The summed E-state index contributed by atoms with van der Waals surface area (Å²) in [7, 11) is 0. The van der Waals surface area contributed by atoms with Gasteiger partial charge in [0.05, 0.1) is 12.4 Å². The van der Waals surface area contributed by atoms with Gasteiger partial charge in [-0.05, 0) is 66.7 Å². The first-order valence-electron chi connectivity index (χ1n) is 10.1. The van der Waals surface area contributed by atoms with Crippen LogP contribution in [0, 0.1) is 5.82 Å². The van der Waals surface area contributed by atoms with Crippen molar-refractivity contribution in [1.29, 1.82) is 0 Å². The Morgan fingerprint density at radius 1 is 1.07 bits per heavy atom. The zero-order valence-electron chi connectivity index (χ0n) is 16.6. The SMILES string of the molecule is CC.CCOC1=CC2=CCc3cc(F)ccc3C2(Cc2ccccc2)CC1. The van der Waals surface area contributed by atoms with Gasteiger partial charge in [-0.15, -0.1) is 0 Å². The highest BCUT2D eigenvalue weighted by atomic mass is 19.1. The van der Waals surface area contributed by atoms with E-state index in [1.807, 2.05) is 26.8 Å². The Labute approximate surface area is 162 Å². The molecule has 0 bridgehead atoms. The molecule has 27 heavy (non-hydrogen) atoms. The smallest absolute Gasteiger partial charge is 0.123 e. The fourth-order valence-electron chi connectivity index (χ4n) is 4.36. The number of ether oxygens (including phenoxy) is 1. The molecule has 2 aliphatic carbocycles. The average molecular weight is 365 g/mol. The lowest BCUT2D eigenvalue weighted by atomic mass is 9.61. The Kier molecular flexibility index (Phi) is 6.15. The van der Waals surface area contributed by atoms with Crippen molar-refractivity contribution in [2.45, 2.75) is 51.9 Å². The minimum absolute atomic E-state index is 0.0801. The van der Waals surface area contributed by atoms with Crippen LogP contribution >= 0.6 is 0 Å². The highest BCUT2D eigenvalue weighted by molar-refractivity contribution is 5.53. The van der Waals surface area contributed by atoms with Crippen molar-refractivity contribution in [3.05, 3.63) is 94.5 Å². The van der Waals surface area contributed by atoms with E-state index in [4.69, 9.17) is 4.74 Å². The summed E-state index contributed by atoms with van der Waals surface area (Å²) in [6.45, 7) is 6.73. The number of fused-ring (bicyclic) bond motifs is 3. The first-order valence-corrected chi connectivity index (χ1v) is 10.1. The summed E-state index contributed by atoms with van der Waals surface area (Å²) >= 11 is 0. The van der Waals surface area contributed by atoms with Crippen LogP contribution in [-0.4, -0.2) is 6.61 Å². The van der Waals surface area contributed by atoms with Gasteiger partial charge in [-0.2, -0.15) is 0 Å². The van der Waals surface area contributed by atoms with E-state index in [0.717, 1.165) is 37.0 Å². The minimum Gasteiger partial charge on any atom is -0.498 e. The van der Waals surface area contributed by atoms with E-state index >= 15 is 0 Å². The van der Waals surface area contributed by atoms with Crippen molar-refractivity contribution in [1.82, 2.24) is 0 Å². The molecular weight excluding hydrogens is 335 g/mol. The molecule has 2 heteroatoms. The van der Waals surface area contributed by atoms with E-state index in [2.05, 4.69) is 42.5 Å². The minimum atomic E-state index is -0.146. The summed E-state index contributed by atoms with van der Waals surface area (Å²) in [6.07, 6.45) is 8.14. The van der Waals surface area contributed by atoms with Gasteiger partial charge in [0.2, 0.25) is 0 Å². The van der Waals surface area contributed by atoms with Crippen molar-refractivity contribution < 1.29 is 9.13 Å². The Morgan fingerprint density at radius 3 is 2.59 bits per heavy atom. The maximum absolute atomic E-state index is 13.8. The van der Waals surface area contributed by atoms with Crippen LogP contribution in [-0.2, 0) is 23.0 Å². The standard InChI is InChI=1S/C23H23FO.C2H6/c1-2-25-21-12-13-23(16-17-6-4-3-5-7-17)19(15-21)9-8-18-14-20(24)10-11-22(18)23;1-2/h3-7,9-11,14-15H,2,8,12-13,16H2,1H3;1-2H3. The van der Waals surface area contributed by atoms with Gasteiger partial charge in [-0.25, -0.2) is 4.39 Å². The number of rotatable bonds is 4. The molecule has 1 nitrogen and oxygen atoms in total. The molecule has 142 valence electrons. The molecule has 0 saturated heterocycles. The predicted octanol–water partition coefficient (Wildman–Crippen LogP) is 6.53. The third-order valence-electron chi connectivity index (χ3n) is 5.47. The largest absolute Gasteiger partial charge is 0.498 e. The normalized spacial score (nSPS) is 20.3. The molecule has 1 atom stereocenters. The lowest BCUT2D eigenvalue weighted by Crippen LogP contribution is -2.36. The van der Waals surface area contributed by atoms with Crippen molar-refractivity contribution in [3.8, 4) is 0 Å². The van der Waals surface area contributed by atoms with Gasteiger partial charge in [0.25, 0.3) is 0 Å². The van der Waals surface area contributed by atoms with Crippen LogP contribution in [0.2, 0.25) is 0 Å². The molecule has 0 fully saturated rings. The van der Waals surface area contributed by atoms with Crippen LogP contribution in [0.25, 0.3) is 0 Å². The molecule has 2 aromatic carbocycles. The Morgan fingerprint density at radius 2 is 1.85 bits per heavy atom. The van der Waals surface area contributed by atoms with E-state index in [1.54, 1.807) is 12.1 Å². The van der Waals surface area contributed by atoms with E-state index in [1.165, 1.54) is 16.7 Å². The third-order valence-corrected chi connectivity index (χ3v) is 5.47. The molecule has 1 unspecified atom stereocenters. The Balaban J connectivity index is 0.00000102. The molecule has 4 rings (SSSR count). The van der Waals surface area contributed by atoms with Crippen molar-refractivity contribution in [2.24, 2.45) is 0 Å². The van der Waals surface area contributed by atoms with Crippen LogP contribution in [0.4, 0.5) is 4.39 Å². The summed E-state index contributed by atoms with van der Waals surface area (Å²) in [6, 6.07) is 15.9. The first kappa shape index (κ1) is 19.4. The van der Waals surface area contributed by atoms with Crippen LogP contribution in [0.5, 0.6) is 0 Å². The predicted molar refractivity (Wildman–Crippen MR) is 110 cm³/mol. The number of hydrogen-bond donors (Lipinski definition) is 0. The topological polar surface area (TPSA) is 9.23 Å². The molecule has 0 amide bonds. The van der Waals surface area contributed by atoms with Crippen LogP contribution in [0.3, 0.4) is 0 Å². The van der Waals surface area contributed by atoms with Gasteiger partial charge < -0.3 is 4.74 Å². The van der Waals surface area contributed by atoms with Crippen molar-refractivity contribution >= 4 is 0 Å². The lowest BCUT2D eigenvalue weighted by molar-refractivity contribution is 0.204. The quantitative estimate of drug-likeness (QED) is 0.599. The van der Waals surface area contributed by atoms with Gasteiger partial charge in [0.1, 0.15) is 5.82 Å². The highest BCUT2D eigenvalue weighted by Crippen LogP contribution is 2.48. The number of benzene rings is 2. The zero-order chi connectivity index (χ0) is 19.3. The molecule has 0 spiro atoms. The summed E-state index contributed by atoms with van der Waals surface area (Å²) in [5.74, 6) is 0.926. The molecule has 0 heterocycles. The summed E-state index contributed by atoms with van der Waals surface area (Å²) in [5.41, 5.74) is 4.96. The number of halogens is 1. The molecule has 0 saturated carbocycles. The van der Waals surface area contributed by atoms with Gasteiger partial charge in [0, 0.05) is 11.8 Å². The molecule has 2 aliphatic rings. The second-order valence-electron chi connectivity index (χ2n) is 6.95. The van der Waals surface area contributed by atoms with Crippen molar-refractivity contribution in [2.75, 3.05) is 6.61 Å². The van der Waals surface area contributed by atoms with Gasteiger partial charge in [0.15, 0.2) is 0 Å². The first-order chi connectivity index (χ1) is 13.2. The Bertz CT molecular complexity index is 835. The van der Waals surface area contributed by atoms with Crippen molar-refractivity contribution in [3.63, 3.8) is 0 Å². The molecule has 0 aliphatic heterocycles. The maximum Gasteiger partial charge on any atom is 0.123 e. The summed E-state index contributed by atoms with van der Waals surface area (Å²) in [4.78, 5) is 0. The monoisotopic (exact) mass is 364 g/mol. The summed E-state index contributed by atoms with van der Waals surface area (Å²) in [5, 5.41) is 0. The van der Waals surface area contributed by atoms with Crippen LogP contribution in [0.1, 0.15) is 50.3 Å². The summed E-state index contributed by atoms with van der Waals surface area (Å²) < 4.78 is 19.6. The second kappa shape index (κ2) is 8.56. The molecule has 0 aromatic heterocycles. The van der Waals surface area contributed by atoms with Gasteiger partial charge in [-0.3, -0.25) is 0 Å². The molecule has 0 N–H and O–H groups in total. The fraction of sp³-hybridized carbons (Fsp3) is 0.360. The van der Waals surface area contributed by atoms with Crippen LogP contribution in [0.15, 0.2) is 72.0 Å².